The monoisotopic (exact) mass is 526 g/mol. The number of rotatable bonds is 23. The molecule has 0 aliphatic carbocycles. The minimum absolute atomic E-state index is 0.147. The number of unbranched alkanes of at least 4 members (excludes halogenated alkanes) is 12. The van der Waals surface area contributed by atoms with E-state index in [2.05, 4.69) is 6.92 Å². The van der Waals surface area contributed by atoms with Crippen molar-refractivity contribution in [3.05, 3.63) is 24.3 Å². The fraction of sp³-hybridized carbons (Fsp3) is 0.667. The molecule has 0 heterocycles. The van der Waals surface area contributed by atoms with Crippen LogP contribution in [0.4, 0.5) is 0 Å². The Balaban J connectivity index is 4.24. The molecule has 0 aliphatic heterocycles. The average molecular weight is 527 g/mol. The van der Waals surface area contributed by atoms with Gasteiger partial charge in [-0.05, 0) is 6.42 Å². The summed E-state index contributed by atoms with van der Waals surface area (Å²) in [5.41, 5.74) is 0. The first-order chi connectivity index (χ1) is 17.7. The van der Waals surface area contributed by atoms with Gasteiger partial charge in [-0.1, -0.05) is 84.0 Å². The molecule has 0 unspecified atom stereocenters. The van der Waals surface area contributed by atoms with Crippen molar-refractivity contribution in [1.29, 1.82) is 0 Å². The van der Waals surface area contributed by atoms with Crippen LogP contribution in [0.15, 0.2) is 24.3 Å². The van der Waals surface area contributed by atoms with E-state index in [1.54, 1.807) is 0 Å². The van der Waals surface area contributed by atoms with E-state index in [9.17, 15) is 24.0 Å². The molecule has 10 heteroatoms. The van der Waals surface area contributed by atoms with Gasteiger partial charge in [0.05, 0.1) is 0 Å². The maximum absolute atomic E-state index is 12.2. The molecule has 0 bridgehead atoms. The van der Waals surface area contributed by atoms with Crippen molar-refractivity contribution >= 4 is 29.8 Å². The van der Waals surface area contributed by atoms with E-state index in [4.69, 9.17) is 24.4 Å². The summed E-state index contributed by atoms with van der Waals surface area (Å²) < 4.78 is 14.9. The fourth-order valence-electron chi connectivity index (χ4n) is 3.37. The van der Waals surface area contributed by atoms with E-state index in [1.807, 2.05) is 0 Å². The van der Waals surface area contributed by atoms with Gasteiger partial charge >= 0.3 is 29.8 Å². The zero-order chi connectivity index (χ0) is 27.7. The van der Waals surface area contributed by atoms with Crippen LogP contribution >= 0.6 is 0 Å². The van der Waals surface area contributed by atoms with Crippen LogP contribution in [0.5, 0.6) is 0 Å². The molecular weight excluding hydrogens is 484 g/mol. The number of carbonyl (C=O) groups excluding carboxylic acids is 3. The lowest BCUT2D eigenvalue weighted by molar-refractivity contribution is -0.164. The number of esters is 3. The van der Waals surface area contributed by atoms with Crippen LogP contribution in [0.2, 0.25) is 0 Å². The highest BCUT2D eigenvalue weighted by molar-refractivity contribution is 5.91. The van der Waals surface area contributed by atoms with E-state index < -0.39 is 49.2 Å². The van der Waals surface area contributed by atoms with Crippen molar-refractivity contribution in [2.24, 2.45) is 0 Å². The molecule has 0 atom stereocenters. The SMILES string of the molecule is CCCCCCCCCCCCCCCC(=O)OC(COC(=O)/C=C/C(=O)O)COC(=O)/C=C/C(=O)O. The number of hydrogen-bond acceptors (Lipinski definition) is 8. The van der Waals surface area contributed by atoms with Crippen LogP contribution in [0.1, 0.15) is 96.8 Å². The van der Waals surface area contributed by atoms with Crippen LogP contribution in [-0.4, -0.2) is 59.4 Å². The van der Waals surface area contributed by atoms with Gasteiger partial charge < -0.3 is 24.4 Å². The standard InChI is InChI=1S/C27H42O10/c1-2-3-4-5-6-7-8-9-10-11-12-13-14-15-27(34)37-22(20-35-25(32)18-16-23(28)29)21-36-26(33)19-17-24(30)31/h16-19,22H,2-15,20-21H2,1H3,(H,28,29)(H,30,31)/b18-16+,19-17+. The van der Waals surface area contributed by atoms with Crippen LogP contribution in [0.25, 0.3) is 0 Å². The van der Waals surface area contributed by atoms with Gasteiger partial charge in [-0.3, -0.25) is 4.79 Å². The van der Waals surface area contributed by atoms with Crippen molar-refractivity contribution in [2.75, 3.05) is 13.2 Å². The predicted octanol–water partition coefficient (Wildman–Crippen LogP) is 4.75. The minimum atomic E-state index is -1.34. The molecule has 0 aromatic rings. The largest absolute Gasteiger partial charge is 0.478 e. The molecule has 210 valence electrons. The molecule has 0 radical (unpaired) electrons. The molecule has 0 aromatic carbocycles. The second kappa shape index (κ2) is 23.2. The third-order valence-corrected chi connectivity index (χ3v) is 5.33. The third-order valence-electron chi connectivity index (χ3n) is 5.33. The van der Waals surface area contributed by atoms with Gasteiger partial charge in [0, 0.05) is 30.7 Å². The summed E-state index contributed by atoms with van der Waals surface area (Å²) in [6.07, 6.45) is 16.8. The molecule has 0 aliphatic rings. The summed E-state index contributed by atoms with van der Waals surface area (Å²) in [4.78, 5) is 56.3. The summed E-state index contributed by atoms with van der Waals surface area (Å²) in [7, 11) is 0. The number of carboxylic acid groups (broad SMARTS) is 2. The number of carbonyl (C=O) groups is 5. The Labute approximate surface area is 219 Å². The van der Waals surface area contributed by atoms with Gasteiger partial charge in [0.15, 0.2) is 6.10 Å². The fourth-order valence-corrected chi connectivity index (χ4v) is 3.37. The summed E-state index contributed by atoms with van der Waals surface area (Å²) >= 11 is 0. The Hall–Kier alpha value is -3.17. The first kappa shape index (κ1) is 33.8. The maximum atomic E-state index is 12.2. The van der Waals surface area contributed by atoms with Crippen LogP contribution in [0.3, 0.4) is 0 Å². The van der Waals surface area contributed by atoms with Gasteiger partial charge in [-0.2, -0.15) is 0 Å². The molecule has 0 aromatic heterocycles. The van der Waals surface area contributed by atoms with Crippen molar-refractivity contribution < 1.29 is 48.4 Å². The molecule has 37 heavy (non-hydrogen) atoms. The first-order valence-corrected chi connectivity index (χ1v) is 13.1. The van der Waals surface area contributed by atoms with Crippen molar-refractivity contribution in [3.8, 4) is 0 Å². The van der Waals surface area contributed by atoms with E-state index in [-0.39, 0.29) is 6.42 Å². The second-order valence-electron chi connectivity index (χ2n) is 8.71. The highest BCUT2D eigenvalue weighted by Gasteiger charge is 2.18. The summed E-state index contributed by atoms with van der Waals surface area (Å²) in [5, 5.41) is 17.1. The Bertz CT molecular complexity index is 701. The molecule has 2 N–H and O–H groups in total. The lowest BCUT2D eigenvalue weighted by Crippen LogP contribution is -2.30. The lowest BCUT2D eigenvalue weighted by atomic mass is 10.0. The predicted molar refractivity (Wildman–Crippen MR) is 136 cm³/mol. The molecule has 0 saturated heterocycles. The van der Waals surface area contributed by atoms with Crippen LogP contribution in [0, 0.1) is 0 Å². The summed E-state index contributed by atoms with van der Waals surface area (Å²) in [6, 6.07) is 0. The van der Waals surface area contributed by atoms with Gasteiger partial charge in [0.2, 0.25) is 0 Å². The van der Waals surface area contributed by atoms with Gasteiger partial charge in [0.25, 0.3) is 0 Å². The average Bonchev–Trinajstić information content (AvgIpc) is 2.85. The van der Waals surface area contributed by atoms with Gasteiger partial charge in [0.1, 0.15) is 13.2 Å². The molecule has 0 saturated carbocycles. The van der Waals surface area contributed by atoms with E-state index in [0.717, 1.165) is 19.3 Å². The molecule has 10 nitrogen and oxygen atoms in total. The number of aliphatic carboxylic acids is 2. The lowest BCUT2D eigenvalue weighted by Gasteiger charge is -2.17. The third kappa shape index (κ3) is 24.3. The Morgan fingerprint density at radius 1 is 0.595 bits per heavy atom. The molecule has 0 fully saturated rings. The highest BCUT2D eigenvalue weighted by atomic mass is 16.6. The Morgan fingerprint density at radius 2 is 0.973 bits per heavy atom. The number of carboxylic acids is 2. The van der Waals surface area contributed by atoms with Gasteiger partial charge in [-0.15, -0.1) is 0 Å². The van der Waals surface area contributed by atoms with Gasteiger partial charge in [-0.25, -0.2) is 19.2 Å². The molecular formula is C27H42O10. The number of hydrogen-bond donors (Lipinski definition) is 2. The molecule has 0 amide bonds. The Kier molecular flexibility index (Phi) is 21.3. The quantitative estimate of drug-likeness (QED) is 0.0825. The summed E-state index contributed by atoms with van der Waals surface area (Å²) in [5.74, 6) is -5.18. The zero-order valence-electron chi connectivity index (χ0n) is 21.9. The topological polar surface area (TPSA) is 154 Å². The zero-order valence-corrected chi connectivity index (χ0v) is 21.9. The maximum Gasteiger partial charge on any atom is 0.331 e. The van der Waals surface area contributed by atoms with Crippen molar-refractivity contribution in [1.82, 2.24) is 0 Å². The van der Waals surface area contributed by atoms with E-state index in [0.29, 0.717) is 30.7 Å². The Morgan fingerprint density at radius 3 is 1.35 bits per heavy atom. The smallest absolute Gasteiger partial charge is 0.331 e. The van der Waals surface area contributed by atoms with E-state index >= 15 is 0 Å². The highest BCUT2D eigenvalue weighted by Crippen LogP contribution is 2.13. The van der Waals surface area contributed by atoms with Crippen molar-refractivity contribution in [2.45, 2.75) is 103 Å². The van der Waals surface area contributed by atoms with E-state index in [1.165, 1.54) is 57.8 Å². The van der Waals surface area contributed by atoms with Crippen molar-refractivity contribution in [3.63, 3.8) is 0 Å². The minimum Gasteiger partial charge on any atom is -0.478 e. The summed E-state index contributed by atoms with van der Waals surface area (Å²) in [6.45, 7) is 1.28. The van der Waals surface area contributed by atoms with Crippen LogP contribution < -0.4 is 0 Å². The normalized spacial score (nSPS) is 11.2. The number of ether oxygens (including phenoxy) is 3. The van der Waals surface area contributed by atoms with Crippen LogP contribution in [-0.2, 0) is 38.2 Å². The first-order valence-electron chi connectivity index (χ1n) is 13.1. The molecule has 0 rings (SSSR count). The second-order valence-corrected chi connectivity index (χ2v) is 8.71. The molecule has 0 spiro atoms.